The van der Waals surface area contributed by atoms with Crippen LogP contribution in [0.4, 0.5) is 14.5 Å². The fraction of sp³-hybridized carbons (Fsp3) is 0.200. The Morgan fingerprint density at radius 3 is 2.61 bits per heavy atom. The molecule has 1 aromatic carbocycles. The van der Waals surface area contributed by atoms with Crippen molar-refractivity contribution in [2.45, 2.75) is 12.5 Å². The van der Waals surface area contributed by atoms with E-state index < -0.39 is 29.0 Å². The summed E-state index contributed by atoms with van der Waals surface area (Å²) in [6.45, 7) is 1.10. The molecule has 0 spiro atoms. The van der Waals surface area contributed by atoms with Gasteiger partial charge < -0.3 is 20.2 Å². The Kier molecular flexibility index (Phi) is 4.75. The van der Waals surface area contributed by atoms with Gasteiger partial charge in [0.2, 0.25) is 0 Å². The molecule has 0 saturated carbocycles. The number of halogens is 2. The second-order valence-corrected chi connectivity index (χ2v) is 5.01. The quantitative estimate of drug-likeness (QED) is 0.744. The lowest BCUT2D eigenvalue weighted by Crippen LogP contribution is -2.43. The predicted octanol–water partition coefficient (Wildman–Crippen LogP) is 1.52. The van der Waals surface area contributed by atoms with E-state index in [2.05, 4.69) is 5.32 Å². The average molecular weight is 324 g/mol. The van der Waals surface area contributed by atoms with Gasteiger partial charge in [0.15, 0.2) is 0 Å². The first-order valence-corrected chi connectivity index (χ1v) is 6.60. The number of rotatable bonds is 4. The second kappa shape index (κ2) is 6.57. The highest BCUT2D eigenvalue weighted by Crippen LogP contribution is 2.19. The first kappa shape index (κ1) is 16.6. The van der Waals surface area contributed by atoms with Gasteiger partial charge in [-0.2, -0.15) is 0 Å². The van der Waals surface area contributed by atoms with Crippen LogP contribution in [0.2, 0.25) is 0 Å². The number of furan rings is 1. The summed E-state index contributed by atoms with van der Waals surface area (Å²) < 4.78 is 31.2. The lowest BCUT2D eigenvalue weighted by atomic mass is 10.0. The van der Waals surface area contributed by atoms with Crippen molar-refractivity contribution in [2.75, 3.05) is 11.9 Å². The molecule has 0 fully saturated rings. The third-order valence-corrected chi connectivity index (χ3v) is 3.03. The van der Waals surface area contributed by atoms with Gasteiger partial charge in [-0.1, -0.05) is 0 Å². The van der Waals surface area contributed by atoms with Crippen molar-refractivity contribution in [2.24, 2.45) is 0 Å². The average Bonchev–Trinajstić information content (AvgIpc) is 3.02. The summed E-state index contributed by atoms with van der Waals surface area (Å²) in [5, 5.41) is 14.3. The molecule has 0 unspecified atom stereocenters. The van der Waals surface area contributed by atoms with Crippen molar-refractivity contribution in [3.8, 4) is 0 Å². The minimum absolute atomic E-state index is 0.211. The lowest BCUT2D eigenvalue weighted by Gasteiger charge is -2.20. The third-order valence-electron chi connectivity index (χ3n) is 3.03. The molecule has 2 aromatic rings. The molecule has 2 amide bonds. The highest BCUT2D eigenvalue weighted by molar-refractivity contribution is 6.39. The van der Waals surface area contributed by atoms with Crippen LogP contribution in [0.25, 0.3) is 0 Å². The normalized spacial score (nSPS) is 13.2. The van der Waals surface area contributed by atoms with Crippen LogP contribution in [-0.2, 0) is 15.2 Å². The third kappa shape index (κ3) is 4.13. The van der Waals surface area contributed by atoms with E-state index >= 15 is 0 Å². The van der Waals surface area contributed by atoms with Crippen LogP contribution in [0.15, 0.2) is 41.0 Å². The number of nitrogens with one attached hydrogen (secondary N) is 2. The van der Waals surface area contributed by atoms with Crippen molar-refractivity contribution in [3.63, 3.8) is 0 Å². The number of carbonyl (C=O) groups excluding carboxylic acids is 2. The van der Waals surface area contributed by atoms with Gasteiger partial charge >= 0.3 is 11.8 Å². The standard InChI is InChI=1S/C15H14F2N2O4/c1-15(22,12-3-2-6-23-12)8-18-13(20)14(21)19-11-5-4-9(16)7-10(11)17/h2-7,22H,8H2,1H3,(H,18,20)(H,19,21)/t15-/m1/s1. The predicted molar refractivity (Wildman–Crippen MR) is 76.3 cm³/mol. The van der Waals surface area contributed by atoms with Crippen LogP contribution in [0.5, 0.6) is 0 Å². The molecular formula is C15H14F2N2O4. The topological polar surface area (TPSA) is 91.6 Å². The minimum atomic E-state index is -1.51. The molecule has 0 aliphatic rings. The molecule has 1 heterocycles. The molecule has 0 bridgehead atoms. The van der Waals surface area contributed by atoms with Crippen LogP contribution in [0, 0.1) is 11.6 Å². The maximum Gasteiger partial charge on any atom is 0.313 e. The van der Waals surface area contributed by atoms with E-state index in [0.29, 0.717) is 6.07 Å². The Bertz CT molecular complexity index is 714. The zero-order valence-corrected chi connectivity index (χ0v) is 12.1. The maximum absolute atomic E-state index is 13.4. The van der Waals surface area contributed by atoms with Gasteiger partial charge in [-0.25, -0.2) is 8.78 Å². The smallest absolute Gasteiger partial charge is 0.313 e. The van der Waals surface area contributed by atoms with Gasteiger partial charge in [-0.05, 0) is 31.2 Å². The Labute approximate surface area is 130 Å². The van der Waals surface area contributed by atoms with Crippen molar-refractivity contribution in [1.29, 1.82) is 0 Å². The molecule has 6 nitrogen and oxygen atoms in total. The summed E-state index contributed by atoms with van der Waals surface area (Å²) in [6, 6.07) is 5.60. The maximum atomic E-state index is 13.4. The van der Waals surface area contributed by atoms with Crippen molar-refractivity contribution >= 4 is 17.5 Å². The molecule has 3 N–H and O–H groups in total. The molecule has 0 aliphatic heterocycles. The van der Waals surface area contributed by atoms with Crippen LogP contribution in [0.3, 0.4) is 0 Å². The summed E-state index contributed by atoms with van der Waals surface area (Å²) in [6.07, 6.45) is 1.36. The van der Waals surface area contributed by atoms with Gasteiger partial charge in [0, 0.05) is 6.07 Å². The summed E-state index contributed by atoms with van der Waals surface area (Å²) in [4.78, 5) is 23.3. The molecule has 0 aliphatic carbocycles. The first-order chi connectivity index (χ1) is 10.8. The Morgan fingerprint density at radius 2 is 2.00 bits per heavy atom. The lowest BCUT2D eigenvalue weighted by molar-refractivity contribution is -0.136. The zero-order chi connectivity index (χ0) is 17.0. The van der Waals surface area contributed by atoms with Gasteiger partial charge in [0.25, 0.3) is 0 Å². The second-order valence-electron chi connectivity index (χ2n) is 5.01. The fourth-order valence-electron chi connectivity index (χ4n) is 1.77. The Hall–Kier alpha value is -2.74. The van der Waals surface area contributed by atoms with Crippen LogP contribution < -0.4 is 10.6 Å². The van der Waals surface area contributed by atoms with Crippen LogP contribution in [-0.4, -0.2) is 23.5 Å². The molecule has 8 heteroatoms. The number of hydrogen-bond acceptors (Lipinski definition) is 4. The summed E-state index contributed by atoms with van der Waals surface area (Å²) in [5.74, 6) is -3.83. The van der Waals surface area contributed by atoms with Crippen molar-refractivity contribution < 1.29 is 27.9 Å². The summed E-state index contributed by atoms with van der Waals surface area (Å²) >= 11 is 0. The van der Waals surface area contributed by atoms with E-state index in [1.165, 1.54) is 19.3 Å². The van der Waals surface area contributed by atoms with Gasteiger partial charge in [0.1, 0.15) is 23.0 Å². The van der Waals surface area contributed by atoms with E-state index in [0.717, 1.165) is 12.1 Å². The number of aliphatic hydroxyl groups is 1. The molecule has 1 atom stereocenters. The number of anilines is 1. The molecule has 0 saturated heterocycles. The largest absolute Gasteiger partial charge is 0.466 e. The Balaban J connectivity index is 1.94. The molecular weight excluding hydrogens is 310 g/mol. The number of amides is 2. The van der Waals surface area contributed by atoms with Gasteiger partial charge in [0.05, 0.1) is 18.5 Å². The summed E-state index contributed by atoms with van der Waals surface area (Å²) in [5.41, 5.74) is -1.84. The van der Waals surface area contributed by atoms with E-state index in [-0.39, 0.29) is 18.0 Å². The highest BCUT2D eigenvalue weighted by Gasteiger charge is 2.28. The molecule has 23 heavy (non-hydrogen) atoms. The first-order valence-electron chi connectivity index (χ1n) is 6.60. The van der Waals surface area contributed by atoms with E-state index in [9.17, 15) is 23.5 Å². The van der Waals surface area contributed by atoms with Gasteiger partial charge in [-0.15, -0.1) is 0 Å². The highest BCUT2D eigenvalue weighted by atomic mass is 19.1. The zero-order valence-electron chi connectivity index (χ0n) is 12.1. The van der Waals surface area contributed by atoms with E-state index in [4.69, 9.17) is 4.42 Å². The molecule has 122 valence electrons. The van der Waals surface area contributed by atoms with E-state index in [1.807, 2.05) is 5.32 Å². The van der Waals surface area contributed by atoms with Gasteiger partial charge in [-0.3, -0.25) is 9.59 Å². The van der Waals surface area contributed by atoms with Crippen molar-refractivity contribution in [1.82, 2.24) is 5.32 Å². The fourth-order valence-corrected chi connectivity index (χ4v) is 1.77. The monoisotopic (exact) mass is 324 g/mol. The SMILES string of the molecule is C[C@@](O)(CNC(=O)C(=O)Nc1ccc(F)cc1F)c1ccco1. The Morgan fingerprint density at radius 1 is 1.26 bits per heavy atom. The summed E-state index contributed by atoms with van der Waals surface area (Å²) in [7, 11) is 0. The number of benzene rings is 1. The van der Waals surface area contributed by atoms with Crippen LogP contribution >= 0.6 is 0 Å². The molecule has 0 radical (unpaired) electrons. The number of carbonyl (C=O) groups is 2. The molecule has 2 rings (SSSR count). The number of hydrogen-bond donors (Lipinski definition) is 3. The van der Waals surface area contributed by atoms with Crippen molar-refractivity contribution in [3.05, 3.63) is 54.0 Å². The van der Waals surface area contributed by atoms with E-state index in [1.54, 1.807) is 6.07 Å². The molecule has 1 aromatic heterocycles. The minimum Gasteiger partial charge on any atom is -0.466 e. The van der Waals surface area contributed by atoms with Crippen LogP contribution in [0.1, 0.15) is 12.7 Å².